The summed E-state index contributed by atoms with van der Waals surface area (Å²) in [5, 5.41) is 7.65. The molecule has 70 valence electrons. The second kappa shape index (κ2) is 4.27. The fourth-order valence-electron chi connectivity index (χ4n) is 0.887. The molecule has 14 heavy (non-hydrogen) atoms. The van der Waals surface area contributed by atoms with Crippen molar-refractivity contribution in [3.05, 3.63) is 42.6 Å². The Kier molecular flexibility index (Phi) is 2.61. The SMILES string of the molecule is C1=CCOC(N=Nc2ncccn2)=C1. The Morgan fingerprint density at radius 1 is 1.21 bits per heavy atom. The fourth-order valence-corrected chi connectivity index (χ4v) is 0.887. The first-order valence-electron chi connectivity index (χ1n) is 4.13. The van der Waals surface area contributed by atoms with Gasteiger partial charge in [-0.3, -0.25) is 0 Å². The largest absolute Gasteiger partial charge is 0.472 e. The van der Waals surface area contributed by atoms with Crippen molar-refractivity contribution in [3.63, 3.8) is 0 Å². The number of azo groups is 1. The van der Waals surface area contributed by atoms with Gasteiger partial charge >= 0.3 is 0 Å². The molecule has 0 unspecified atom stereocenters. The summed E-state index contributed by atoms with van der Waals surface area (Å²) >= 11 is 0. The molecule has 0 radical (unpaired) electrons. The topological polar surface area (TPSA) is 59.7 Å². The first kappa shape index (κ1) is 8.55. The van der Waals surface area contributed by atoms with E-state index in [1.54, 1.807) is 24.5 Å². The highest BCUT2D eigenvalue weighted by Crippen LogP contribution is 2.09. The van der Waals surface area contributed by atoms with E-state index in [4.69, 9.17) is 4.74 Å². The number of ether oxygens (including phenoxy) is 1. The van der Waals surface area contributed by atoms with Crippen LogP contribution < -0.4 is 0 Å². The highest BCUT2D eigenvalue weighted by molar-refractivity contribution is 5.13. The third-order valence-corrected chi connectivity index (χ3v) is 1.49. The summed E-state index contributed by atoms with van der Waals surface area (Å²) in [6, 6.07) is 1.72. The summed E-state index contributed by atoms with van der Waals surface area (Å²) in [6.07, 6.45) is 8.70. The van der Waals surface area contributed by atoms with Crippen molar-refractivity contribution in [1.29, 1.82) is 0 Å². The lowest BCUT2D eigenvalue weighted by Crippen LogP contribution is -1.92. The minimum atomic E-state index is 0.326. The third-order valence-electron chi connectivity index (χ3n) is 1.49. The second-order valence-corrected chi connectivity index (χ2v) is 2.49. The van der Waals surface area contributed by atoms with Gasteiger partial charge in [-0.05, 0) is 12.1 Å². The molecule has 2 heterocycles. The van der Waals surface area contributed by atoms with Crippen LogP contribution in [0, 0.1) is 0 Å². The van der Waals surface area contributed by atoms with E-state index in [0.29, 0.717) is 18.4 Å². The minimum absolute atomic E-state index is 0.326. The highest BCUT2D eigenvalue weighted by atomic mass is 16.5. The predicted molar refractivity (Wildman–Crippen MR) is 49.7 cm³/mol. The predicted octanol–water partition coefficient (Wildman–Crippen LogP) is 1.99. The number of hydrogen-bond acceptors (Lipinski definition) is 5. The summed E-state index contributed by atoms with van der Waals surface area (Å²) < 4.78 is 5.16. The molecule has 1 aromatic heterocycles. The number of rotatable bonds is 2. The van der Waals surface area contributed by atoms with Crippen LogP contribution in [0.4, 0.5) is 5.95 Å². The van der Waals surface area contributed by atoms with Crippen LogP contribution in [-0.4, -0.2) is 16.6 Å². The first-order chi connectivity index (χ1) is 6.95. The van der Waals surface area contributed by atoms with Gasteiger partial charge in [0.1, 0.15) is 6.61 Å². The molecular weight excluding hydrogens is 180 g/mol. The van der Waals surface area contributed by atoms with Crippen LogP contribution in [0.15, 0.2) is 52.8 Å². The quantitative estimate of drug-likeness (QED) is 0.667. The van der Waals surface area contributed by atoms with Gasteiger partial charge in [0.2, 0.25) is 5.88 Å². The summed E-state index contributed by atoms with van der Waals surface area (Å²) in [4.78, 5) is 7.78. The van der Waals surface area contributed by atoms with Gasteiger partial charge in [-0.25, -0.2) is 9.97 Å². The monoisotopic (exact) mass is 188 g/mol. The third kappa shape index (κ3) is 2.22. The summed E-state index contributed by atoms with van der Waals surface area (Å²) in [7, 11) is 0. The molecule has 5 heteroatoms. The van der Waals surface area contributed by atoms with Crippen LogP contribution in [0.25, 0.3) is 0 Å². The van der Waals surface area contributed by atoms with E-state index in [1.165, 1.54) is 0 Å². The van der Waals surface area contributed by atoms with E-state index in [2.05, 4.69) is 20.2 Å². The molecule has 0 aliphatic carbocycles. The molecule has 1 aliphatic heterocycles. The number of nitrogens with zero attached hydrogens (tertiary/aromatic N) is 4. The smallest absolute Gasteiger partial charge is 0.268 e. The normalized spacial score (nSPS) is 15.3. The van der Waals surface area contributed by atoms with E-state index in [0.717, 1.165) is 0 Å². The van der Waals surface area contributed by atoms with Crippen molar-refractivity contribution in [2.24, 2.45) is 10.2 Å². The average Bonchev–Trinajstić information content (AvgIpc) is 2.29. The molecule has 0 saturated carbocycles. The molecule has 0 spiro atoms. The molecule has 1 aliphatic rings. The van der Waals surface area contributed by atoms with Crippen molar-refractivity contribution in [3.8, 4) is 0 Å². The second-order valence-electron chi connectivity index (χ2n) is 2.49. The van der Waals surface area contributed by atoms with Crippen LogP contribution >= 0.6 is 0 Å². The molecule has 0 fully saturated rings. The van der Waals surface area contributed by atoms with Crippen molar-refractivity contribution in [2.45, 2.75) is 0 Å². The summed E-state index contributed by atoms with van der Waals surface area (Å²) in [6.45, 7) is 0.528. The van der Waals surface area contributed by atoms with E-state index in [1.807, 2.05) is 12.2 Å². The Morgan fingerprint density at radius 2 is 2.07 bits per heavy atom. The highest BCUT2D eigenvalue weighted by Gasteiger charge is 1.97. The van der Waals surface area contributed by atoms with Crippen LogP contribution in [-0.2, 0) is 4.74 Å². The van der Waals surface area contributed by atoms with Gasteiger partial charge < -0.3 is 4.74 Å². The van der Waals surface area contributed by atoms with Gasteiger partial charge in [0, 0.05) is 18.5 Å². The van der Waals surface area contributed by atoms with Crippen molar-refractivity contribution in [1.82, 2.24) is 9.97 Å². The lowest BCUT2D eigenvalue weighted by Gasteiger charge is -2.03. The van der Waals surface area contributed by atoms with Crippen LogP contribution in [0.3, 0.4) is 0 Å². The number of aromatic nitrogens is 2. The maximum atomic E-state index is 5.16. The molecule has 5 nitrogen and oxygen atoms in total. The summed E-state index contributed by atoms with van der Waals surface area (Å²) in [5.41, 5.74) is 0. The zero-order chi connectivity index (χ0) is 9.64. The molecular formula is C9H8N4O. The van der Waals surface area contributed by atoms with Gasteiger partial charge in [-0.1, -0.05) is 6.08 Å². The standard InChI is InChI=1S/C9H8N4O/c1-2-7-14-8(4-1)12-13-9-10-5-3-6-11-9/h1-6H,7H2. The Bertz CT molecular complexity index is 383. The molecule has 2 rings (SSSR count). The molecule has 0 bridgehead atoms. The van der Waals surface area contributed by atoms with Gasteiger partial charge in [-0.2, -0.15) is 0 Å². The maximum absolute atomic E-state index is 5.16. The lowest BCUT2D eigenvalue weighted by molar-refractivity contribution is 0.238. The molecule has 1 aromatic rings. The van der Waals surface area contributed by atoms with Crippen molar-refractivity contribution < 1.29 is 4.74 Å². The fraction of sp³-hybridized carbons (Fsp3) is 0.111. The molecule has 0 amide bonds. The van der Waals surface area contributed by atoms with Gasteiger partial charge in [0.25, 0.3) is 5.95 Å². The maximum Gasteiger partial charge on any atom is 0.268 e. The van der Waals surface area contributed by atoms with Crippen molar-refractivity contribution in [2.75, 3.05) is 6.61 Å². The first-order valence-corrected chi connectivity index (χ1v) is 4.13. The average molecular weight is 188 g/mol. The van der Waals surface area contributed by atoms with Crippen molar-refractivity contribution >= 4 is 5.95 Å². The summed E-state index contributed by atoms with van der Waals surface area (Å²) in [5.74, 6) is 0.798. The number of hydrogen-bond donors (Lipinski definition) is 0. The molecule has 0 aromatic carbocycles. The van der Waals surface area contributed by atoms with Crippen LogP contribution in [0.2, 0.25) is 0 Å². The van der Waals surface area contributed by atoms with E-state index < -0.39 is 0 Å². The van der Waals surface area contributed by atoms with E-state index in [9.17, 15) is 0 Å². The van der Waals surface area contributed by atoms with E-state index in [-0.39, 0.29) is 0 Å². The molecule has 0 saturated heterocycles. The Morgan fingerprint density at radius 3 is 2.79 bits per heavy atom. The lowest BCUT2D eigenvalue weighted by atomic mass is 10.4. The van der Waals surface area contributed by atoms with Crippen LogP contribution in [0.5, 0.6) is 0 Å². The Balaban J connectivity index is 2.07. The number of allylic oxidation sites excluding steroid dienone is 2. The zero-order valence-electron chi connectivity index (χ0n) is 7.37. The van der Waals surface area contributed by atoms with Gasteiger partial charge in [0.05, 0.1) is 0 Å². The zero-order valence-corrected chi connectivity index (χ0v) is 7.37. The minimum Gasteiger partial charge on any atom is -0.472 e. The molecule has 0 N–H and O–H groups in total. The van der Waals surface area contributed by atoms with Gasteiger partial charge in [0.15, 0.2) is 0 Å². The van der Waals surface area contributed by atoms with E-state index >= 15 is 0 Å². The Hall–Kier alpha value is -2.04. The van der Waals surface area contributed by atoms with Crippen LogP contribution in [0.1, 0.15) is 0 Å². The van der Waals surface area contributed by atoms with Gasteiger partial charge in [-0.15, -0.1) is 10.2 Å². The Labute approximate surface area is 80.9 Å². The molecule has 0 atom stereocenters.